The average molecular weight is 507 g/mol. The Bertz CT molecular complexity index is 949. The summed E-state index contributed by atoms with van der Waals surface area (Å²) < 4.78 is 5.29. The lowest BCUT2D eigenvalue weighted by Gasteiger charge is -2.35. The number of amides is 4. The largest absolute Gasteiger partial charge is 0.444 e. The molecule has 10 nitrogen and oxygen atoms in total. The van der Waals surface area contributed by atoms with Crippen molar-refractivity contribution in [1.82, 2.24) is 15.5 Å². The van der Waals surface area contributed by atoms with Gasteiger partial charge in [-0.2, -0.15) is 0 Å². The summed E-state index contributed by atoms with van der Waals surface area (Å²) in [6.07, 6.45) is -1.13. The number of nitrogens with one attached hydrogen (secondary N) is 2. The van der Waals surface area contributed by atoms with Gasteiger partial charge in [-0.1, -0.05) is 18.2 Å². The van der Waals surface area contributed by atoms with E-state index in [1.165, 1.54) is 4.90 Å². The van der Waals surface area contributed by atoms with E-state index >= 15 is 0 Å². The molecular weight excluding hydrogens is 464 g/mol. The zero-order valence-corrected chi connectivity index (χ0v) is 22.7. The highest BCUT2D eigenvalue weighted by Gasteiger charge is 2.37. The molecule has 0 spiro atoms. The van der Waals surface area contributed by atoms with Crippen LogP contribution in [0.4, 0.5) is 4.79 Å². The zero-order valence-electron chi connectivity index (χ0n) is 22.7. The Morgan fingerprint density at radius 1 is 1.06 bits per heavy atom. The summed E-state index contributed by atoms with van der Waals surface area (Å²) in [6.45, 7) is 13.7. The van der Waals surface area contributed by atoms with E-state index in [0.717, 1.165) is 11.1 Å². The van der Waals surface area contributed by atoms with Crippen molar-refractivity contribution in [3.63, 3.8) is 0 Å². The molecular formula is C26H42N4O6. The van der Waals surface area contributed by atoms with Gasteiger partial charge < -0.3 is 31.1 Å². The van der Waals surface area contributed by atoms with Crippen molar-refractivity contribution in [2.24, 2.45) is 5.73 Å². The predicted octanol–water partition coefficient (Wildman–Crippen LogP) is 2.24. The number of aryl methyl sites for hydroxylation is 2. The number of ether oxygens (including phenoxy) is 1. The fourth-order valence-corrected chi connectivity index (χ4v) is 3.51. The Labute approximate surface area is 213 Å². The fraction of sp³-hybridized carbons (Fsp3) is 0.615. The van der Waals surface area contributed by atoms with Crippen molar-refractivity contribution < 1.29 is 29.0 Å². The lowest BCUT2D eigenvalue weighted by molar-refractivity contribution is -0.143. The quantitative estimate of drug-likeness (QED) is 0.382. The summed E-state index contributed by atoms with van der Waals surface area (Å²) in [7, 11) is 0. The second kappa shape index (κ2) is 12.7. The summed E-state index contributed by atoms with van der Waals surface area (Å²) in [4.78, 5) is 52.5. The number of aliphatic hydroxyl groups excluding tert-OH is 1. The Morgan fingerprint density at radius 2 is 1.67 bits per heavy atom. The molecule has 10 heteroatoms. The van der Waals surface area contributed by atoms with E-state index in [9.17, 15) is 24.3 Å². The molecule has 0 heterocycles. The normalized spacial score (nSPS) is 13.4. The Balaban J connectivity index is 3.52. The van der Waals surface area contributed by atoms with Gasteiger partial charge in [-0.3, -0.25) is 14.4 Å². The van der Waals surface area contributed by atoms with Crippen LogP contribution in [0.25, 0.3) is 0 Å². The van der Waals surface area contributed by atoms with Crippen LogP contribution < -0.4 is 16.4 Å². The van der Waals surface area contributed by atoms with Crippen LogP contribution in [0, 0.1) is 13.8 Å². The van der Waals surface area contributed by atoms with Crippen molar-refractivity contribution in [2.45, 2.75) is 91.5 Å². The van der Waals surface area contributed by atoms with Crippen molar-refractivity contribution in [2.75, 3.05) is 13.2 Å². The number of benzene rings is 1. The van der Waals surface area contributed by atoms with Crippen LogP contribution in [0.3, 0.4) is 0 Å². The monoisotopic (exact) mass is 506 g/mol. The number of alkyl carbamates (subject to hydrolysis) is 1. The van der Waals surface area contributed by atoms with Crippen molar-refractivity contribution in [3.05, 3.63) is 34.9 Å². The summed E-state index contributed by atoms with van der Waals surface area (Å²) in [5.74, 6) is -1.74. The van der Waals surface area contributed by atoms with E-state index in [2.05, 4.69) is 10.6 Å². The first-order valence-corrected chi connectivity index (χ1v) is 12.0. The minimum atomic E-state index is -1.21. The van der Waals surface area contributed by atoms with E-state index in [-0.39, 0.29) is 19.4 Å². The predicted molar refractivity (Wildman–Crippen MR) is 137 cm³/mol. The number of hydrogen-bond donors (Lipinski definition) is 4. The highest BCUT2D eigenvalue weighted by Crippen LogP contribution is 2.26. The average Bonchev–Trinajstić information content (AvgIpc) is 2.70. The molecule has 1 aromatic carbocycles. The molecule has 0 saturated heterocycles. The van der Waals surface area contributed by atoms with Crippen molar-refractivity contribution >= 4 is 23.8 Å². The van der Waals surface area contributed by atoms with Crippen LogP contribution in [0.2, 0.25) is 0 Å². The van der Waals surface area contributed by atoms with Crippen LogP contribution >= 0.6 is 0 Å². The van der Waals surface area contributed by atoms with Gasteiger partial charge in [0, 0.05) is 18.5 Å². The second-order valence-corrected chi connectivity index (χ2v) is 10.9. The number of carbonyl (C=O) groups is 4. The first kappa shape index (κ1) is 30.9. The van der Waals surface area contributed by atoms with Crippen molar-refractivity contribution in [1.29, 1.82) is 0 Å². The van der Waals surface area contributed by atoms with Gasteiger partial charge in [-0.05, 0) is 78.5 Å². The number of aliphatic hydroxyl groups is 1. The smallest absolute Gasteiger partial charge is 0.408 e. The molecule has 0 aromatic heterocycles. The number of primary amides is 1. The molecule has 0 saturated carbocycles. The van der Waals surface area contributed by atoms with Crippen molar-refractivity contribution in [3.8, 4) is 0 Å². The van der Waals surface area contributed by atoms with E-state index in [4.69, 9.17) is 10.5 Å². The Hall–Kier alpha value is -3.14. The molecule has 5 N–H and O–H groups in total. The fourth-order valence-electron chi connectivity index (χ4n) is 3.51. The maximum atomic E-state index is 13.8. The molecule has 0 radical (unpaired) electrons. The van der Waals surface area contributed by atoms with E-state index in [1.54, 1.807) is 26.8 Å². The Morgan fingerprint density at radius 3 is 2.14 bits per heavy atom. The maximum absolute atomic E-state index is 13.8. The molecule has 0 aliphatic heterocycles. The molecule has 2 atom stereocenters. The Kier molecular flexibility index (Phi) is 10.9. The summed E-state index contributed by atoms with van der Waals surface area (Å²) >= 11 is 0. The number of rotatable bonds is 10. The lowest BCUT2D eigenvalue weighted by Crippen LogP contribution is -2.55. The minimum Gasteiger partial charge on any atom is -0.444 e. The van der Waals surface area contributed by atoms with Crippen LogP contribution in [-0.2, 0) is 19.1 Å². The van der Waals surface area contributed by atoms with Gasteiger partial charge in [0.2, 0.25) is 17.7 Å². The molecule has 0 fully saturated rings. The number of hydrogen-bond acceptors (Lipinski definition) is 6. The maximum Gasteiger partial charge on any atom is 0.408 e. The molecule has 2 unspecified atom stereocenters. The molecule has 36 heavy (non-hydrogen) atoms. The number of carbonyl (C=O) groups excluding carboxylic acids is 4. The summed E-state index contributed by atoms with van der Waals surface area (Å²) in [5, 5.41) is 15.2. The standard InChI is InChI=1S/C26H42N4O6/c1-16-9-10-18(15-17(16)2)21(22(33)29-25(3,4)5)30(13-14-31)23(34)19(11-12-20(27)32)28-24(35)36-26(6,7)8/h9-10,15,19,21,31H,11-14H2,1-8H3,(H2,27,32)(H,28,35)(H,29,33). The van der Waals surface area contributed by atoms with Gasteiger partial charge in [0.15, 0.2) is 0 Å². The lowest BCUT2D eigenvalue weighted by atomic mass is 9.97. The third-order valence-electron chi connectivity index (χ3n) is 5.20. The molecule has 4 amide bonds. The molecule has 0 bridgehead atoms. The van der Waals surface area contributed by atoms with E-state index in [0.29, 0.717) is 5.56 Å². The van der Waals surface area contributed by atoms with Gasteiger partial charge >= 0.3 is 6.09 Å². The highest BCUT2D eigenvalue weighted by molar-refractivity contribution is 5.92. The SMILES string of the molecule is Cc1ccc(C(C(=O)NC(C)(C)C)N(CCO)C(=O)C(CCC(N)=O)NC(=O)OC(C)(C)C)cc1C. The third-order valence-corrected chi connectivity index (χ3v) is 5.20. The van der Waals surface area contributed by atoms with Gasteiger partial charge in [0.1, 0.15) is 17.7 Å². The zero-order chi connectivity index (χ0) is 27.8. The molecule has 0 aliphatic rings. The molecule has 0 aliphatic carbocycles. The van der Waals surface area contributed by atoms with E-state index < -0.39 is 53.6 Å². The topological polar surface area (TPSA) is 151 Å². The van der Waals surface area contributed by atoms with Crippen LogP contribution in [0.15, 0.2) is 18.2 Å². The van der Waals surface area contributed by atoms with E-state index in [1.807, 2.05) is 46.8 Å². The number of nitrogens with zero attached hydrogens (tertiary/aromatic N) is 1. The summed E-state index contributed by atoms with van der Waals surface area (Å²) in [5.41, 5.74) is 6.37. The first-order valence-electron chi connectivity index (χ1n) is 12.0. The summed E-state index contributed by atoms with van der Waals surface area (Å²) in [6, 6.07) is 3.12. The molecule has 1 aromatic rings. The van der Waals surface area contributed by atoms with Crippen LogP contribution in [-0.4, -0.2) is 64.2 Å². The minimum absolute atomic E-state index is 0.101. The highest BCUT2D eigenvalue weighted by atomic mass is 16.6. The van der Waals surface area contributed by atoms with Crippen LogP contribution in [0.1, 0.15) is 77.1 Å². The molecule has 202 valence electrons. The van der Waals surface area contributed by atoms with Gasteiger partial charge in [0.05, 0.1) is 6.61 Å². The molecule has 1 rings (SSSR count). The number of nitrogens with two attached hydrogens (primary N) is 1. The van der Waals surface area contributed by atoms with Gasteiger partial charge in [-0.15, -0.1) is 0 Å². The van der Waals surface area contributed by atoms with Crippen LogP contribution in [0.5, 0.6) is 0 Å². The van der Waals surface area contributed by atoms with Gasteiger partial charge in [-0.25, -0.2) is 4.79 Å². The first-order chi connectivity index (χ1) is 16.4. The van der Waals surface area contributed by atoms with Gasteiger partial charge in [0.25, 0.3) is 0 Å². The second-order valence-electron chi connectivity index (χ2n) is 10.9. The third kappa shape index (κ3) is 10.2.